The van der Waals surface area contributed by atoms with E-state index in [1.165, 1.54) is 5.57 Å². The van der Waals surface area contributed by atoms with Crippen LogP contribution in [-0.4, -0.2) is 74.5 Å². The Balaban J connectivity index is 1.40. The van der Waals surface area contributed by atoms with E-state index in [4.69, 9.17) is 4.74 Å². The molecule has 1 saturated heterocycles. The Hall–Kier alpha value is -0.830. The van der Waals surface area contributed by atoms with Gasteiger partial charge in [0.15, 0.2) is 0 Å². The van der Waals surface area contributed by atoms with Crippen molar-refractivity contribution in [3.8, 4) is 0 Å². The molecule has 1 aliphatic heterocycles. The summed E-state index contributed by atoms with van der Waals surface area (Å²) < 4.78 is 6.00. The van der Waals surface area contributed by atoms with Crippen molar-refractivity contribution in [1.82, 2.24) is 0 Å². The number of aliphatic hydroxyl groups excluding tert-OH is 5. The maximum absolute atomic E-state index is 13.1. The van der Waals surface area contributed by atoms with E-state index in [9.17, 15) is 30.3 Å². The minimum Gasteiger partial charge on any atom is -0.394 e. The van der Waals surface area contributed by atoms with Gasteiger partial charge >= 0.3 is 0 Å². The van der Waals surface area contributed by atoms with Crippen LogP contribution in [0, 0.1) is 50.2 Å². The first-order valence-electron chi connectivity index (χ1n) is 17.1. The summed E-state index contributed by atoms with van der Waals surface area (Å²) >= 11 is 0. The maximum Gasteiger partial charge on any atom is 0.138 e. The zero-order chi connectivity index (χ0) is 31.5. The Morgan fingerprint density at radius 2 is 1.56 bits per heavy atom. The highest BCUT2D eigenvalue weighted by molar-refractivity contribution is 5.85. The molecule has 7 heteroatoms. The first-order chi connectivity index (χ1) is 19.9. The van der Waals surface area contributed by atoms with E-state index in [1.807, 2.05) is 0 Å². The molecule has 13 atom stereocenters. The summed E-state index contributed by atoms with van der Waals surface area (Å²) in [4.78, 5) is 13.1. The van der Waals surface area contributed by atoms with Crippen molar-refractivity contribution in [2.45, 2.75) is 149 Å². The average Bonchev–Trinajstić information content (AvgIpc) is 2.94. The second-order valence-corrected chi connectivity index (χ2v) is 17.8. The quantitative estimate of drug-likeness (QED) is 0.300. The van der Waals surface area contributed by atoms with Crippen molar-refractivity contribution in [2.75, 3.05) is 6.61 Å². The molecule has 0 aromatic heterocycles. The van der Waals surface area contributed by atoms with Crippen LogP contribution in [-0.2, 0) is 9.53 Å². The van der Waals surface area contributed by atoms with Gasteiger partial charge in [-0.2, -0.15) is 0 Å². The fourth-order valence-corrected chi connectivity index (χ4v) is 12.3. The number of fused-ring (bicyclic) bond motifs is 7. The fourth-order valence-electron chi connectivity index (χ4n) is 12.3. The van der Waals surface area contributed by atoms with E-state index >= 15 is 0 Å². The van der Waals surface area contributed by atoms with E-state index in [1.54, 1.807) is 0 Å². The number of hydrogen-bond acceptors (Lipinski definition) is 7. The second kappa shape index (κ2) is 10.1. The van der Waals surface area contributed by atoms with Crippen LogP contribution >= 0.6 is 0 Å². The van der Waals surface area contributed by atoms with Gasteiger partial charge in [0.05, 0.1) is 12.7 Å². The molecule has 43 heavy (non-hydrogen) atoms. The van der Waals surface area contributed by atoms with Crippen LogP contribution in [0.3, 0.4) is 0 Å². The Bertz CT molecular complexity index is 1160. The topological polar surface area (TPSA) is 127 Å². The predicted octanol–water partition coefficient (Wildman–Crippen LogP) is 4.56. The number of Topliss-reactive ketones (excluding diaryl/α,β-unsaturated/α-hetero) is 1. The molecule has 5 aliphatic carbocycles. The summed E-state index contributed by atoms with van der Waals surface area (Å²) in [5.41, 5.74) is 0.861. The molecule has 6 aliphatic rings. The number of allylic oxidation sites excluding steroid dienone is 2. The molecule has 0 amide bonds. The van der Waals surface area contributed by atoms with Gasteiger partial charge < -0.3 is 30.3 Å². The summed E-state index contributed by atoms with van der Waals surface area (Å²) in [5, 5.41) is 54.3. The standard InChI is InChI=1S/C36H58O7/c1-31(2)14-16-36(30(42)29-28(41)27(40)26(39)22(19-37)43-29)17-15-34(6)20(21(36)18-31)8-9-24-33(5)12-11-25(38)32(3,4)23(33)10-13-35(24,34)7/h8,21-24,26-30,37,39-42H,9-19H2,1-7H3/t21?,22?,23?,24?,26-,27+,28?,29-,30?,33+,34-,35-,36+/m1/s1. The lowest BCUT2D eigenvalue weighted by Crippen LogP contribution is -2.68. The van der Waals surface area contributed by atoms with Crippen molar-refractivity contribution in [3.05, 3.63) is 11.6 Å². The highest BCUT2D eigenvalue weighted by Gasteiger charge is 2.69. The molecule has 244 valence electrons. The van der Waals surface area contributed by atoms with Crippen LogP contribution in [0.15, 0.2) is 11.6 Å². The smallest absolute Gasteiger partial charge is 0.138 e. The van der Waals surface area contributed by atoms with E-state index in [0.717, 1.165) is 57.8 Å². The van der Waals surface area contributed by atoms with E-state index in [0.29, 0.717) is 24.0 Å². The van der Waals surface area contributed by atoms with Crippen molar-refractivity contribution in [2.24, 2.45) is 50.2 Å². The Morgan fingerprint density at radius 1 is 0.884 bits per heavy atom. The van der Waals surface area contributed by atoms with Crippen molar-refractivity contribution in [1.29, 1.82) is 0 Å². The summed E-state index contributed by atoms with van der Waals surface area (Å²) in [6.45, 7) is 16.0. The first kappa shape index (κ1) is 32.1. The monoisotopic (exact) mass is 602 g/mol. The SMILES string of the molecule is CC1(C)CC[C@]2(C(O)[C@@H]3OC(CO)[C@@H](O)[C@H](O)C3O)CC[C@]3(C)C(=CCC4[C@@]5(C)CCC(=O)C(C)(C)C5CC[C@]43C)C2C1. The number of carbonyl (C=O) groups is 1. The van der Waals surface area contributed by atoms with Gasteiger partial charge in [0.1, 0.15) is 36.3 Å². The lowest BCUT2D eigenvalue weighted by atomic mass is 9.33. The van der Waals surface area contributed by atoms with Gasteiger partial charge in [-0.3, -0.25) is 4.79 Å². The van der Waals surface area contributed by atoms with Crippen LogP contribution in [0.2, 0.25) is 0 Å². The largest absolute Gasteiger partial charge is 0.394 e. The minimum atomic E-state index is -1.49. The van der Waals surface area contributed by atoms with Gasteiger partial charge in [0, 0.05) is 17.3 Å². The molecular formula is C36H58O7. The summed E-state index contributed by atoms with van der Waals surface area (Å²) in [5.74, 6) is 1.40. The third-order valence-corrected chi connectivity index (χ3v) is 15.3. The molecule has 6 rings (SSSR count). The molecule has 5 N–H and O–H groups in total. The second-order valence-electron chi connectivity index (χ2n) is 17.8. The third kappa shape index (κ3) is 4.23. The maximum atomic E-state index is 13.1. The molecule has 4 saturated carbocycles. The van der Waals surface area contributed by atoms with Crippen molar-refractivity contribution >= 4 is 5.78 Å². The predicted molar refractivity (Wildman–Crippen MR) is 164 cm³/mol. The molecule has 6 unspecified atom stereocenters. The fraction of sp³-hybridized carbons (Fsp3) is 0.917. The highest BCUT2D eigenvalue weighted by atomic mass is 16.6. The first-order valence-corrected chi connectivity index (χ1v) is 17.1. The Kier molecular flexibility index (Phi) is 7.53. The number of ether oxygens (including phenoxy) is 1. The summed E-state index contributed by atoms with van der Waals surface area (Å²) in [7, 11) is 0. The van der Waals surface area contributed by atoms with Gasteiger partial charge in [-0.15, -0.1) is 0 Å². The Labute approximate surface area is 258 Å². The van der Waals surface area contributed by atoms with Crippen molar-refractivity contribution in [3.63, 3.8) is 0 Å². The molecule has 5 fully saturated rings. The average molecular weight is 603 g/mol. The number of hydrogen-bond donors (Lipinski definition) is 5. The number of carbonyl (C=O) groups excluding carboxylic acids is 1. The Morgan fingerprint density at radius 3 is 2.23 bits per heavy atom. The normalized spacial score (nSPS) is 53.0. The van der Waals surface area contributed by atoms with E-state index in [2.05, 4.69) is 54.5 Å². The van der Waals surface area contributed by atoms with Gasteiger partial charge in [-0.1, -0.05) is 60.1 Å². The summed E-state index contributed by atoms with van der Waals surface area (Å²) in [6.07, 6.45) is 4.19. The minimum absolute atomic E-state index is 0.0494. The zero-order valence-electron chi connectivity index (χ0n) is 27.6. The van der Waals surface area contributed by atoms with Gasteiger partial charge in [0.25, 0.3) is 0 Å². The molecule has 0 aromatic rings. The van der Waals surface area contributed by atoms with Crippen LogP contribution in [0.4, 0.5) is 0 Å². The van der Waals surface area contributed by atoms with E-state index < -0.39 is 48.6 Å². The van der Waals surface area contributed by atoms with Crippen LogP contribution in [0.25, 0.3) is 0 Å². The van der Waals surface area contributed by atoms with E-state index in [-0.39, 0.29) is 33.0 Å². The summed E-state index contributed by atoms with van der Waals surface area (Å²) in [6, 6.07) is 0. The molecule has 0 bridgehead atoms. The molecular weight excluding hydrogens is 544 g/mol. The van der Waals surface area contributed by atoms with Gasteiger partial charge in [-0.25, -0.2) is 0 Å². The van der Waals surface area contributed by atoms with Crippen LogP contribution < -0.4 is 0 Å². The van der Waals surface area contributed by atoms with Crippen LogP contribution in [0.5, 0.6) is 0 Å². The van der Waals surface area contributed by atoms with Gasteiger partial charge in [-0.05, 0) is 97.2 Å². The molecule has 0 aromatic carbocycles. The third-order valence-electron chi connectivity index (χ3n) is 15.3. The highest BCUT2D eigenvalue weighted by Crippen LogP contribution is 2.76. The lowest BCUT2D eigenvalue weighted by molar-refractivity contribution is -0.272. The van der Waals surface area contributed by atoms with Crippen molar-refractivity contribution < 1.29 is 35.1 Å². The van der Waals surface area contributed by atoms with Crippen LogP contribution in [0.1, 0.15) is 113 Å². The van der Waals surface area contributed by atoms with Gasteiger partial charge in [0.2, 0.25) is 0 Å². The molecule has 0 spiro atoms. The molecule has 7 nitrogen and oxygen atoms in total. The zero-order valence-corrected chi connectivity index (χ0v) is 27.6. The molecule has 0 radical (unpaired) electrons. The number of rotatable bonds is 3. The number of ketones is 1. The molecule has 1 heterocycles. The number of aliphatic hydroxyl groups is 5. The lowest BCUT2D eigenvalue weighted by Gasteiger charge is -2.71.